The summed E-state index contributed by atoms with van der Waals surface area (Å²) in [6, 6.07) is 19.1. The first-order valence-electron chi connectivity index (χ1n) is 9.22. The smallest absolute Gasteiger partial charge is 0.305 e. The second-order valence-electron chi connectivity index (χ2n) is 6.82. The van der Waals surface area contributed by atoms with Crippen molar-refractivity contribution in [1.29, 1.82) is 0 Å². The van der Waals surface area contributed by atoms with Gasteiger partial charge in [0.2, 0.25) is 0 Å². The summed E-state index contributed by atoms with van der Waals surface area (Å²) in [5.41, 5.74) is 7.20. The lowest BCUT2D eigenvalue weighted by atomic mass is 10.1. The molecule has 0 spiro atoms. The number of aryl methyl sites for hydroxylation is 2. The van der Waals surface area contributed by atoms with Gasteiger partial charge in [-0.1, -0.05) is 54.1 Å². The number of nitrogens with one attached hydrogen (secondary N) is 2. The molecule has 0 saturated carbocycles. The minimum Gasteiger partial charge on any atom is -0.484 e. The molecule has 0 aliphatic heterocycles. The van der Waals surface area contributed by atoms with E-state index in [0.717, 1.165) is 21.7 Å². The SMILES string of the molecule is Cc1ccc(OCC(=O)NNC(=O)c2oc3c(ccc4ccccc43)c2C)cc1. The molecule has 0 bridgehead atoms. The minimum atomic E-state index is -0.522. The number of benzene rings is 3. The van der Waals surface area contributed by atoms with Gasteiger partial charge in [-0.15, -0.1) is 0 Å². The highest BCUT2D eigenvalue weighted by atomic mass is 16.5. The molecule has 146 valence electrons. The van der Waals surface area contributed by atoms with Gasteiger partial charge >= 0.3 is 5.91 Å². The molecule has 0 fully saturated rings. The zero-order chi connectivity index (χ0) is 20.4. The van der Waals surface area contributed by atoms with Gasteiger partial charge < -0.3 is 9.15 Å². The highest BCUT2D eigenvalue weighted by Crippen LogP contribution is 2.31. The summed E-state index contributed by atoms with van der Waals surface area (Å²) in [5.74, 6) is -0.252. The predicted molar refractivity (Wildman–Crippen MR) is 111 cm³/mol. The van der Waals surface area contributed by atoms with Gasteiger partial charge in [-0.05, 0) is 31.4 Å². The van der Waals surface area contributed by atoms with Crippen LogP contribution in [-0.4, -0.2) is 18.4 Å². The molecular weight excluding hydrogens is 368 g/mol. The molecular formula is C23H20N2O4. The van der Waals surface area contributed by atoms with Crippen molar-refractivity contribution >= 4 is 33.6 Å². The third-order valence-electron chi connectivity index (χ3n) is 4.74. The van der Waals surface area contributed by atoms with Crippen molar-refractivity contribution in [2.45, 2.75) is 13.8 Å². The molecule has 0 saturated heterocycles. The number of hydrogen-bond donors (Lipinski definition) is 2. The summed E-state index contributed by atoms with van der Waals surface area (Å²) < 4.78 is 11.2. The summed E-state index contributed by atoms with van der Waals surface area (Å²) in [4.78, 5) is 24.5. The molecule has 3 aromatic carbocycles. The number of hydrogen-bond acceptors (Lipinski definition) is 4. The van der Waals surface area contributed by atoms with E-state index in [9.17, 15) is 9.59 Å². The summed E-state index contributed by atoms with van der Waals surface area (Å²) >= 11 is 0. The van der Waals surface area contributed by atoms with Crippen LogP contribution in [0.3, 0.4) is 0 Å². The lowest BCUT2D eigenvalue weighted by Crippen LogP contribution is -2.43. The van der Waals surface area contributed by atoms with E-state index in [-0.39, 0.29) is 12.4 Å². The third-order valence-corrected chi connectivity index (χ3v) is 4.74. The lowest BCUT2D eigenvalue weighted by Gasteiger charge is -2.08. The Labute approximate surface area is 167 Å². The molecule has 6 heteroatoms. The molecule has 1 aromatic heterocycles. The van der Waals surface area contributed by atoms with Crippen molar-refractivity contribution in [1.82, 2.24) is 10.9 Å². The zero-order valence-electron chi connectivity index (χ0n) is 16.1. The number of hydrazine groups is 1. The molecule has 6 nitrogen and oxygen atoms in total. The first kappa shape index (κ1) is 18.6. The van der Waals surface area contributed by atoms with Gasteiger partial charge in [0.25, 0.3) is 5.91 Å². The van der Waals surface area contributed by atoms with Crippen molar-refractivity contribution in [3.8, 4) is 5.75 Å². The summed E-state index contributed by atoms with van der Waals surface area (Å²) in [6.45, 7) is 3.57. The van der Waals surface area contributed by atoms with Gasteiger partial charge in [0.1, 0.15) is 11.3 Å². The van der Waals surface area contributed by atoms with Crippen molar-refractivity contribution in [3.05, 3.63) is 77.6 Å². The average Bonchev–Trinajstić information content (AvgIpc) is 3.08. The Bertz CT molecular complexity index is 1210. The Morgan fingerprint density at radius 1 is 0.897 bits per heavy atom. The second-order valence-corrected chi connectivity index (χ2v) is 6.82. The average molecular weight is 388 g/mol. The van der Waals surface area contributed by atoms with E-state index in [4.69, 9.17) is 9.15 Å². The van der Waals surface area contributed by atoms with Gasteiger partial charge in [0.05, 0.1) is 0 Å². The fourth-order valence-electron chi connectivity index (χ4n) is 3.17. The number of furan rings is 1. The largest absolute Gasteiger partial charge is 0.484 e. The van der Waals surface area contributed by atoms with E-state index >= 15 is 0 Å². The standard InChI is InChI=1S/C23H20N2O4/c1-14-7-10-17(11-8-14)28-13-20(26)24-25-23(27)21-15(2)18-12-9-16-5-3-4-6-19(16)22(18)29-21/h3-12H,13H2,1-2H3,(H,24,26)(H,25,27). The van der Waals surface area contributed by atoms with Crippen LogP contribution in [-0.2, 0) is 4.79 Å². The van der Waals surface area contributed by atoms with E-state index in [0.29, 0.717) is 16.9 Å². The maximum Gasteiger partial charge on any atom is 0.305 e. The number of ether oxygens (including phenoxy) is 1. The molecule has 2 N–H and O–H groups in total. The molecule has 0 unspecified atom stereocenters. The molecule has 4 aromatic rings. The number of carbonyl (C=O) groups is 2. The predicted octanol–water partition coefficient (Wildman–Crippen LogP) is 4.04. The third kappa shape index (κ3) is 3.78. The highest BCUT2D eigenvalue weighted by Gasteiger charge is 2.19. The minimum absolute atomic E-state index is 0.163. The van der Waals surface area contributed by atoms with E-state index in [1.54, 1.807) is 12.1 Å². The Balaban J connectivity index is 1.43. The lowest BCUT2D eigenvalue weighted by molar-refractivity contribution is -0.123. The Hall–Kier alpha value is -3.80. The van der Waals surface area contributed by atoms with Crippen LogP contribution < -0.4 is 15.6 Å². The molecule has 0 atom stereocenters. The zero-order valence-corrected chi connectivity index (χ0v) is 16.1. The Morgan fingerprint density at radius 2 is 1.66 bits per heavy atom. The number of amides is 2. The van der Waals surface area contributed by atoms with Crippen LogP contribution in [0.1, 0.15) is 21.7 Å². The topological polar surface area (TPSA) is 80.6 Å². The van der Waals surface area contributed by atoms with Gasteiger partial charge in [0, 0.05) is 16.3 Å². The normalized spacial score (nSPS) is 10.8. The van der Waals surface area contributed by atoms with Crippen LogP contribution in [0.5, 0.6) is 5.75 Å². The molecule has 2 amide bonds. The number of carbonyl (C=O) groups excluding carboxylic acids is 2. The quantitative estimate of drug-likeness (QED) is 0.517. The van der Waals surface area contributed by atoms with E-state index < -0.39 is 11.8 Å². The van der Waals surface area contributed by atoms with Gasteiger partial charge in [-0.25, -0.2) is 0 Å². The first-order valence-corrected chi connectivity index (χ1v) is 9.22. The number of fused-ring (bicyclic) bond motifs is 3. The van der Waals surface area contributed by atoms with E-state index in [1.165, 1.54) is 0 Å². The maximum absolute atomic E-state index is 12.5. The molecule has 4 rings (SSSR count). The van der Waals surface area contributed by atoms with Crippen molar-refractivity contribution in [3.63, 3.8) is 0 Å². The van der Waals surface area contributed by atoms with Crippen LogP contribution in [0.25, 0.3) is 21.7 Å². The monoisotopic (exact) mass is 388 g/mol. The molecule has 0 radical (unpaired) electrons. The van der Waals surface area contributed by atoms with Gasteiger partial charge in [-0.3, -0.25) is 20.4 Å². The maximum atomic E-state index is 12.5. The number of rotatable bonds is 4. The van der Waals surface area contributed by atoms with Gasteiger partial charge in [0.15, 0.2) is 12.4 Å². The van der Waals surface area contributed by atoms with E-state index in [1.807, 2.05) is 62.4 Å². The van der Waals surface area contributed by atoms with Crippen LogP contribution in [0, 0.1) is 13.8 Å². The van der Waals surface area contributed by atoms with Crippen molar-refractivity contribution in [2.75, 3.05) is 6.61 Å². The Kier molecular flexibility index (Phi) is 4.91. The van der Waals surface area contributed by atoms with E-state index in [2.05, 4.69) is 10.9 Å². The van der Waals surface area contributed by atoms with Crippen LogP contribution in [0.15, 0.2) is 65.1 Å². The molecule has 29 heavy (non-hydrogen) atoms. The Morgan fingerprint density at radius 3 is 2.45 bits per heavy atom. The van der Waals surface area contributed by atoms with Crippen molar-refractivity contribution in [2.24, 2.45) is 0 Å². The summed E-state index contributed by atoms with van der Waals surface area (Å²) in [6.07, 6.45) is 0. The van der Waals surface area contributed by atoms with Crippen LogP contribution >= 0.6 is 0 Å². The van der Waals surface area contributed by atoms with Crippen molar-refractivity contribution < 1.29 is 18.7 Å². The molecule has 0 aliphatic rings. The molecule has 0 aliphatic carbocycles. The fourth-order valence-corrected chi connectivity index (χ4v) is 3.17. The summed E-state index contributed by atoms with van der Waals surface area (Å²) in [5, 5.41) is 2.83. The highest BCUT2D eigenvalue weighted by molar-refractivity contribution is 6.09. The first-order chi connectivity index (χ1) is 14.0. The summed E-state index contributed by atoms with van der Waals surface area (Å²) in [7, 11) is 0. The van der Waals surface area contributed by atoms with Crippen LogP contribution in [0.4, 0.5) is 0 Å². The van der Waals surface area contributed by atoms with Gasteiger partial charge in [-0.2, -0.15) is 0 Å². The second kappa shape index (κ2) is 7.67. The molecule has 1 heterocycles. The van der Waals surface area contributed by atoms with Crippen LogP contribution in [0.2, 0.25) is 0 Å². The fraction of sp³-hybridized carbons (Fsp3) is 0.130.